The Kier molecular flexibility index (Phi) is 4.66. The summed E-state index contributed by atoms with van der Waals surface area (Å²) in [6.45, 7) is 2.83. The number of thioether (sulfide) groups is 1. The molecule has 0 aliphatic rings. The molecule has 6 heteroatoms. The van der Waals surface area contributed by atoms with E-state index in [0.717, 1.165) is 16.0 Å². The third-order valence-electron chi connectivity index (χ3n) is 2.73. The smallest absolute Gasteiger partial charge is 0.251 e. The average molecular weight is 295 g/mol. The zero-order valence-electron chi connectivity index (χ0n) is 11.0. The molecule has 1 atom stereocenters. The quantitative estimate of drug-likeness (QED) is 0.889. The maximum Gasteiger partial charge on any atom is 0.251 e. The predicted molar refractivity (Wildman–Crippen MR) is 83.9 cm³/mol. The van der Waals surface area contributed by atoms with Crippen LogP contribution in [0.2, 0.25) is 0 Å². The number of hydrogen-bond donors (Lipinski definition) is 2. The van der Waals surface area contributed by atoms with Crippen LogP contribution in [0.3, 0.4) is 0 Å². The van der Waals surface area contributed by atoms with Gasteiger partial charge in [-0.15, -0.1) is 0 Å². The second-order valence-corrected chi connectivity index (χ2v) is 6.48. The number of nitrogen functional groups attached to an aromatic ring is 1. The van der Waals surface area contributed by atoms with Gasteiger partial charge in [-0.25, -0.2) is 4.98 Å². The van der Waals surface area contributed by atoms with E-state index in [1.807, 2.05) is 12.1 Å². The van der Waals surface area contributed by atoms with Crippen molar-refractivity contribution in [2.45, 2.75) is 6.92 Å². The Bertz CT molecular complexity index is 582. The maximum atomic E-state index is 12.0. The molecule has 1 unspecified atom stereocenters. The van der Waals surface area contributed by atoms with Gasteiger partial charge in [0.2, 0.25) is 0 Å². The minimum absolute atomic E-state index is 0.0400. The highest BCUT2D eigenvalue weighted by Crippen LogP contribution is 2.24. The van der Waals surface area contributed by atoms with E-state index in [1.54, 1.807) is 17.8 Å². The van der Waals surface area contributed by atoms with Crippen molar-refractivity contribution in [3.63, 3.8) is 0 Å². The molecule has 0 saturated heterocycles. The summed E-state index contributed by atoms with van der Waals surface area (Å²) in [5.74, 6) is 1.48. The van der Waals surface area contributed by atoms with Crippen LogP contribution in [0.25, 0.3) is 10.2 Å². The molecule has 2 aromatic rings. The highest BCUT2D eigenvalue weighted by atomic mass is 32.2. The van der Waals surface area contributed by atoms with Crippen LogP contribution in [0.1, 0.15) is 17.3 Å². The number of thiazole rings is 1. The third kappa shape index (κ3) is 3.61. The molecule has 4 nitrogen and oxygen atoms in total. The lowest BCUT2D eigenvalue weighted by Gasteiger charge is -2.11. The first kappa shape index (κ1) is 14.1. The highest BCUT2D eigenvalue weighted by molar-refractivity contribution is 7.98. The molecule has 1 aromatic carbocycles. The number of benzene rings is 1. The summed E-state index contributed by atoms with van der Waals surface area (Å²) in [7, 11) is 0. The summed E-state index contributed by atoms with van der Waals surface area (Å²) in [6, 6.07) is 5.47. The van der Waals surface area contributed by atoms with E-state index in [9.17, 15) is 4.79 Å². The van der Waals surface area contributed by atoms with Gasteiger partial charge in [0.05, 0.1) is 10.2 Å². The molecule has 1 heterocycles. The second-order valence-electron chi connectivity index (χ2n) is 4.51. The Morgan fingerprint density at radius 1 is 1.58 bits per heavy atom. The van der Waals surface area contributed by atoms with Crippen LogP contribution in [0.5, 0.6) is 0 Å². The Labute approximate surface area is 120 Å². The third-order valence-corrected chi connectivity index (χ3v) is 4.48. The van der Waals surface area contributed by atoms with Crippen LogP contribution < -0.4 is 11.1 Å². The predicted octanol–water partition coefficient (Wildman–Crippen LogP) is 2.61. The van der Waals surface area contributed by atoms with Gasteiger partial charge in [0, 0.05) is 12.1 Å². The Morgan fingerprint density at radius 2 is 2.37 bits per heavy atom. The number of nitrogens with one attached hydrogen (secondary N) is 1. The summed E-state index contributed by atoms with van der Waals surface area (Å²) >= 11 is 3.19. The van der Waals surface area contributed by atoms with E-state index in [2.05, 4.69) is 23.5 Å². The molecule has 1 aromatic heterocycles. The lowest BCUT2D eigenvalue weighted by molar-refractivity contribution is 0.0949. The van der Waals surface area contributed by atoms with Gasteiger partial charge in [0.25, 0.3) is 5.91 Å². The fraction of sp³-hybridized carbons (Fsp3) is 0.385. The van der Waals surface area contributed by atoms with Crippen molar-refractivity contribution in [2.24, 2.45) is 5.92 Å². The standard InChI is InChI=1S/C13H17N3OS2/c1-8(7-18-2)6-15-12(17)9-3-4-10-11(5-9)19-13(14)16-10/h3-5,8H,6-7H2,1-2H3,(H2,14,16)(H,15,17). The molecule has 3 N–H and O–H groups in total. The minimum atomic E-state index is -0.0400. The first-order valence-corrected chi connectivity index (χ1v) is 8.24. The van der Waals surface area contributed by atoms with Crippen molar-refractivity contribution in [3.8, 4) is 0 Å². The lowest BCUT2D eigenvalue weighted by Crippen LogP contribution is -2.29. The van der Waals surface area contributed by atoms with Crippen molar-refractivity contribution in [3.05, 3.63) is 23.8 Å². The molecule has 0 aliphatic carbocycles. The van der Waals surface area contributed by atoms with Gasteiger partial charge in [0.1, 0.15) is 0 Å². The van der Waals surface area contributed by atoms with E-state index < -0.39 is 0 Å². The van der Waals surface area contributed by atoms with Gasteiger partial charge < -0.3 is 11.1 Å². The number of hydrogen-bond acceptors (Lipinski definition) is 5. The molecular weight excluding hydrogens is 278 g/mol. The van der Waals surface area contributed by atoms with Crippen LogP contribution in [0, 0.1) is 5.92 Å². The van der Waals surface area contributed by atoms with E-state index in [0.29, 0.717) is 23.2 Å². The van der Waals surface area contributed by atoms with Gasteiger partial charge in [-0.2, -0.15) is 11.8 Å². The van der Waals surface area contributed by atoms with Crippen molar-refractivity contribution >= 4 is 44.4 Å². The average Bonchev–Trinajstić information content (AvgIpc) is 2.75. The summed E-state index contributed by atoms with van der Waals surface area (Å²) < 4.78 is 0.947. The normalized spacial score (nSPS) is 12.5. The number of nitrogens with zero attached hydrogens (tertiary/aromatic N) is 1. The van der Waals surface area contributed by atoms with Crippen molar-refractivity contribution in [1.82, 2.24) is 10.3 Å². The molecular formula is C13H17N3OS2. The topological polar surface area (TPSA) is 68.0 Å². The Balaban J connectivity index is 2.04. The summed E-state index contributed by atoms with van der Waals surface area (Å²) in [4.78, 5) is 16.2. The van der Waals surface area contributed by atoms with E-state index >= 15 is 0 Å². The molecule has 102 valence electrons. The number of carbonyl (C=O) groups excluding carboxylic acids is 1. The van der Waals surface area contributed by atoms with E-state index in [1.165, 1.54) is 11.3 Å². The molecule has 1 amide bonds. The number of anilines is 1. The van der Waals surface area contributed by atoms with Gasteiger partial charge in [-0.05, 0) is 36.1 Å². The fourth-order valence-electron chi connectivity index (χ4n) is 1.80. The number of aromatic nitrogens is 1. The zero-order valence-corrected chi connectivity index (χ0v) is 12.6. The van der Waals surface area contributed by atoms with Gasteiger partial charge in [-0.1, -0.05) is 18.3 Å². The number of fused-ring (bicyclic) bond motifs is 1. The van der Waals surface area contributed by atoms with Crippen molar-refractivity contribution in [1.29, 1.82) is 0 Å². The van der Waals surface area contributed by atoms with Gasteiger partial charge in [0.15, 0.2) is 5.13 Å². The molecule has 0 aliphatic heterocycles. The largest absolute Gasteiger partial charge is 0.375 e. The lowest BCUT2D eigenvalue weighted by atomic mass is 10.2. The zero-order chi connectivity index (χ0) is 13.8. The first-order chi connectivity index (χ1) is 9.10. The van der Waals surface area contributed by atoms with Crippen LogP contribution in [0.4, 0.5) is 5.13 Å². The second kappa shape index (κ2) is 6.25. The SMILES string of the molecule is CSCC(C)CNC(=O)c1ccc2nc(N)sc2c1. The summed E-state index contributed by atoms with van der Waals surface area (Å²) in [6.07, 6.45) is 2.07. The highest BCUT2D eigenvalue weighted by Gasteiger charge is 2.10. The summed E-state index contributed by atoms with van der Waals surface area (Å²) in [5.41, 5.74) is 7.16. The van der Waals surface area contributed by atoms with Crippen LogP contribution >= 0.6 is 23.1 Å². The molecule has 0 saturated carbocycles. The van der Waals surface area contributed by atoms with Crippen LogP contribution in [0.15, 0.2) is 18.2 Å². The fourth-order valence-corrected chi connectivity index (χ4v) is 3.26. The molecule has 0 fully saturated rings. The number of carbonyl (C=O) groups is 1. The number of nitrogens with two attached hydrogens (primary N) is 1. The Hall–Kier alpha value is -1.27. The van der Waals surface area contributed by atoms with E-state index in [-0.39, 0.29) is 5.91 Å². The molecule has 0 bridgehead atoms. The number of amides is 1. The molecule has 19 heavy (non-hydrogen) atoms. The van der Waals surface area contributed by atoms with Crippen molar-refractivity contribution < 1.29 is 4.79 Å². The van der Waals surface area contributed by atoms with E-state index in [4.69, 9.17) is 5.73 Å². The monoisotopic (exact) mass is 295 g/mol. The van der Waals surface area contributed by atoms with Crippen molar-refractivity contribution in [2.75, 3.05) is 24.3 Å². The van der Waals surface area contributed by atoms with Crippen LogP contribution in [-0.2, 0) is 0 Å². The Morgan fingerprint density at radius 3 is 3.11 bits per heavy atom. The van der Waals surface area contributed by atoms with Gasteiger partial charge >= 0.3 is 0 Å². The molecule has 0 radical (unpaired) electrons. The number of rotatable bonds is 5. The molecule has 0 spiro atoms. The maximum absolute atomic E-state index is 12.0. The van der Waals surface area contributed by atoms with Gasteiger partial charge in [-0.3, -0.25) is 4.79 Å². The first-order valence-electron chi connectivity index (χ1n) is 6.03. The summed E-state index contributed by atoms with van der Waals surface area (Å²) in [5, 5.41) is 3.48. The van der Waals surface area contributed by atoms with Crippen LogP contribution in [-0.4, -0.2) is 29.4 Å². The molecule has 2 rings (SSSR count). The minimum Gasteiger partial charge on any atom is -0.375 e.